The van der Waals surface area contributed by atoms with Gasteiger partial charge in [-0.05, 0) is 6.92 Å². The molecule has 0 bridgehead atoms. The van der Waals surface area contributed by atoms with Crippen molar-refractivity contribution >= 4 is 0 Å². The first-order valence-corrected chi connectivity index (χ1v) is 5.24. The van der Waals surface area contributed by atoms with Gasteiger partial charge in [0.15, 0.2) is 0 Å². The molecule has 2 atom stereocenters. The quantitative estimate of drug-likeness (QED) is 0.452. The molecule has 0 saturated heterocycles. The number of likely N-dealkylation sites (N-methyl/N-ethyl adjacent to an activating group) is 1. The van der Waals surface area contributed by atoms with E-state index < -0.39 is 6.10 Å². The van der Waals surface area contributed by atoms with E-state index in [1.165, 1.54) is 0 Å². The monoisotopic (exact) mass is 222 g/mol. The van der Waals surface area contributed by atoms with Gasteiger partial charge < -0.3 is 24.5 Å². The molecule has 0 rings (SSSR count). The van der Waals surface area contributed by atoms with Crippen LogP contribution in [0.15, 0.2) is 0 Å². The minimum Gasteiger partial charge on any atom is -0.394 e. The van der Waals surface area contributed by atoms with Gasteiger partial charge in [-0.15, -0.1) is 0 Å². The second-order valence-corrected chi connectivity index (χ2v) is 4.54. The lowest BCUT2D eigenvalue weighted by molar-refractivity contribution is -0.896. The molecule has 0 aromatic rings. The van der Waals surface area contributed by atoms with Crippen molar-refractivity contribution in [3.63, 3.8) is 0 Å². The zero-order chi connectivity index (χ0) is 11.9. The lowest BCUT2D eigenvalue weighted by Gasteiger charge is -2.33. The molecule has 0 aliphatic carbocycles. The van der Waals surface area contributed by atoms with Crippen molar-refractivity contribution in [2.75, 3.05) is 47.0 Å². The number of ether oxygens (including phenoxy) is 1. The molecule has 0 saturated carbocycles. The molecule has 0 amide bonds. The molecule has 0 aromatic carbocycles. The molecule has 0 aromatic heterocycles. The average Bonchev–Trinajstić information content (AvgIpc) is 2.12. The van der Waals surface area contributed by atoms with Crippen LogP contribution in [0, 0.1) is 0 Å². The van der Waals surface area contributed by atoms with Crippen molar-refractivity contribution in [2.45, 2.75) is 19.1 Å². The third-order valence-electron chi connectivity index (χ3n) is 2.16. The van der Waals surface area contributed by atoms with Crippen molar-refractivity contribution in [1.82, 2.24) is 0 Å². The molecule has 92 valence electrons. The predicted octanol–water partition coefficient (Wildman–Crippen LogP) is -1.19. The molecule has 5 nitrogen and oxygen atoms in total. The average molecular weight is 222 g/mol. The van der Waals surface area contributed by atoms with E-state index in [1.807, 2.05) is 21.0 Å². The van der Waals surface area contributed by atoms with Gasteiger partial charge in [-0.1, -0.05) is 0 Å². The summed E-state index contributed by atoms with van der Waals surface area (Å²) >= 11 is 0. The Morgan fingerprint density at radius 3 is 2.27 bits per heavy atom. The summed E-state index contributed by atoms with van der Waals surface area (Å²) in [5.41, 5.74) is 0. The minimum absolute atomic E-state index is 0.0248. The van der Waals surface area contributed by atoms with Crippen LogP contribution in [-0.4, -0.2) is 79.0 Å². The SMILES string of the molecule is CC(C[N+](C)(C)CC(O)CO)OCCO. The van der Waals surface area contributed by atoms with Gasteiger partial charge in [0.2, 0.25) is 0 Å². The van der Waals surface area contributed by atoms with E-state index in [0.717, 1.165) is 6.54 Å². The maximum atomic E-state index is 9.34. The van der Waals surface area contributed by atoms with Crippen LogP contribution in [0.4, 0.5) is 0 Å². The Hall–Kier alpha value is -0.200. The van der Waals surface area contributed by atoms with Crippen LogP contribution in [0.2, 0.25) is 0 Å². The maximum Gasteiger partial charge on any atom is 0.126 e. The van der Waals surface area contributed by atoms with Gasteiger partial charge >= 0.3 is 0 Å². The normalized spacial score (nSPS) is 16.4. The zero-order valence-corrected chi connectivity index (χ0v) is 9.89. The highest BCUT2D eigenvalue weighted by molar-refractivity contribution is 4.53. The fraction of sp³-hybridized carbons (Fsp3) is 1.00. The molecular formula is C10H24NO4+. The van der Waals surface area contributed by atoms with E-state index in [9.17, 15) is 5.11 Å². The van der Waals surface area contributed by atoms with Gasteiger partial charge in [-0.2, -0.15) is 0 Å². The number of rotatable bonds is 8. The Kier molecular flexibility index (Phi) is 7.04. The second-order valence-electron chi connectivity index (χ2n) is 4.54. The summed E-state index contributed by atoms with van der Waals surface area (Å²) in [6.45, 7) is 3.30. The number of hydrogen-bond donors (Lipinski definition) is 3. The largest absolute Gasteiger partial charge is 0.394 e. The Balaban J connectivity index is 3.89. The first-order chi connectivity index (χ1) is 6.91. The highest BCUT2D eigenvalue weighted by Gasteiger charge is 2.23. The smallest absolute Gasteiger partial charge is 0.126 e. The van der Waals surface area contributed by atoms with E-state index in [4.69, 9.17) is 14.9 Å². The van der Waals surface area contributed by atoms with Gasteiger partial charge in [-0.25, -0.2) is 0 Å². The molecule has 0 heterocycles. The van der Waals surface area contributed by atoms with Crippen LogP contribution in [-0.2, 0) is 4.74 Å². The van der Waals surface area contributed by atoms with Crippen molar-refractivity contribution in [1.29, 1.82) is 0 Å². The molecule has 15 heavy (non-hydrogen) atoms. The highest BCUT2D eigenvalue weighted by atomic mass is 16.5. The van der Waals surface area contributed by atoms with Gasteiger partial charge in [0.1, 0.15) is 25.3 Å². The topological polar surface area (TPSA) is 69.9 Å². The summed E-state index contributed by atoms with van der Waals surface area (Å²) in [7, 11) is 3.94. The third-order valence-corrected chi connectivity index (χ3v) is 2.16. The molecule has 5 heteroatoms. The van der Waals surface area contributed by atoms with E-state index in [-0.39, 0.29) is 19.3 Å². The highest BCUT2D eigenvalue weighted by Crippen LogP contribution is 2.04. The summed E-state index contributed by atoms with van der Waals surface area (Å²) in [6, 6.07) is 0. The Morgan fingerprint density at radius 1 is 1.20 bits per heavy atom. The van der Waals surface area contributed by atoms with Crippen LogP contribution in [0.5, 0.6) is 0 Å². The number of quaternary nitrogens is 1. The zero-order valence-electron chi connectivity index (χ0n) is 9.89. The Bertz CT molecular complexity index is 164. The number of aliphatic hydroxyl groups is 3. The van der Waals surface area contributed by atoms with Gasteiger partial charge in [0, 0.05) is 0 Å². The van der Waals surface area contributed by atoms with Gasteiger partial charge in [0.05, 0.1) is 33.9 Å². The van der Waals surface area contributed by atoms with Crippen LogP contribution >= 0.6 is 0 Å². The number of hydrogen-bond acceptors (Lipinski definition) is 4. The summed E-state index contributed by atoms with van der Waals surface area (Å²) < 4.78 is 5.91. The summed E-state index contributed by atoms with van der Waals surface area (Å²) in [5, 5.41) is 26.7. The fourth-order valence-corrected chi connectivity index (χ4v) is 1.71. The molecule has 2 unspecified atom stereocenters. The molecular weight excluding hydrogens is 198 g/mol. The standard InChI is InChI=1S/C10H24NO4/c1-9(15-5-4-12)6-11(2,3)7-10(14)8-13/h9-10,12-14H,4-8H2,1-3H3/q+1. The van der Waals surface area contributed by atoms with Crippen LogP contribution in [0.3, 0.4) is 0 Å². The van der Waals surface area contributed by atoms with Gasteiger partial charge in [0.25, 0.3) is 0 Å². The fourth-order valence-electron chi connectivity index (χ4n) is 1.71. The van der Waals surface area contributed by atoms with Crippen LogP contribution < -0.4 is 0 Å². The van der Waals surface area contributed by atoms with Gasteiger partial charge in [-0.3, -0.25) is 0 Å². The van der Waals surface area contributed by atoms with Crippen molar-refractivity contribution < 1.29 is 24.5 Å². The summed E-state index contributed by atoms with van der Waals surface area (Å²) in [6.07, 6.45) is -0.664. The number of aliphatic hydroxyl groups excluding tert-OH is 3. The van der Waals surface area contributed by atoms with E-state index in [1.54, 1.807) is 0 Å². The molecule has 0 aliphatic rings. The van der Waals surface area contributed by atoms with E-state index in [0.29, 0.717) is 17.6 Å². The third kappa shape index (κ3) is 7.70. The maximum absolute atomic E-state index is 9.34. The summed E-state index contributed by atoms with van der Waals surface area (Å²) in [4.78, 5) is 0. The number of nitrogens with zero attached hydrogens (tertiary/aromatic N) is 1. The summed E-state index contributed by atoms with van der Waals surface area (Å²) in [5.74, 6) is 0. The molecule has 0 radical (unpaired) electrons. The second kappa shape index (κ2) is 7.14. The molecule has 0 fully saturated rings. The van der Waals surface area contributed by atoms with E-state index in [2.05, 4.69) is 0 Å². The molecule has 0 aliphatic heterocycles. The Labute approximate surface area is 91.5 Å². The van der Waals surface area contributed by atoms with Crippen LogP contribution in [0.25, 0.3) is 0 Å². The van der Waals surface area contributed by atoms with Crippen molar-refractivity contribution in [2.24, 2.45) is 0 Å². The first-order valence-electron chi connectivity index (χ1n) is 5.24. The molecule has 3 N–H and O–H groups in total. The Morgan fingerprint density at radius 2 is 1.80 bits per heavy atom. The molecule has 0 spiro atoms. The predicted molar refractivity (Wildman–Crippen MR) is 57.4 cm³/mol. The van der Waals surface area contributed by atoms with Crippen LogP contribution in [0.1, 0.15) is 6.92 Å². The van der Waals surface area contributed by atoms with Crippen molar-refractivity contribution in [3.8, 4) is 0 Å². The lowest BCUT2D eigenvalue weighted by atomic mass is 10.2. The van der Waals surface area contributed by atoms with Crippen molar-refractivity contribution in [3.05, 3.63) is 0 Å². The van der Waals surface area contributed by atoms with E-state index >= 15 is 0 Å². The lowest BCUT2D eigenvalue weighted by Crippen LogP contribution is -2.50. The first kappa shape index (κ1) is 14.8. The minimum atomic E-state index is -0.690.